The summed E-state index contributed by atoms with van der Waals surface area (Å²) in [7, 11) is 3.23. The number of hydrogen-bond acceptors (Lipinski definition) is 6. The number of nitrogens with zero attached hydrogens (tertiary/aromatic N) is 2. The van der Waals surface area contributed by atoms with Gasteiger partial charge in [0.05, 0.1) is 25.7 Å². The Hall–Kier alpha value is -3.06. The standard InChI is InChI=1S/C20H19N3O3S/c1-25-16-8-6-15(7-9-16)21-19(24)13-27-20-11-10-18(22-23-20)14-4-3-5-17(12-14)26-2/h3-12H,13H2,1-2H3,(H,21,24). The van der Waals surface area contributed by atoms with Crippen LogP contribution in [0.4, 0.5) is 5.69 Å². The first-order valence-electron chi connectivity index (χ1n) is 8.23. The molecule has 3 rings (SSSR count). The monoisotopic (exact) mass is 381 g/mol. The van der Waals surface area contributed by atoms with Crippen LogP contribution in [-0.2, 0) is 4.79 Å². The van der Waals surface area contributed by atoms with E-state index in [1.165, 1.54) is 11.8 Å². The van der Waals surface area contributed by atoms with Gasteiger partial charge in [-0.1, -0.05) is 23.9 Å². The lowest BCUT2D eigenvalue weighted by Gasteiger charge is -2.06. The van der Waals surface area contributed by atoms with Crippen LogP contribution in [0.25, 0.3) is 11.3 Å². The van der Waals surface area contributed by atoms with E-state index in [4.69, 9.17) is 9.47 Å². The van der Waals surface area contributed by atoms with Gasteiger partial charge in [-0.3, -0.25) is 4.79 Å². The molecular formula is C20H19N3O3S. The van der Waals surface area contributed by atoms with Crippen molar-refractivity contribution in [1.82, 2.24) is 10.2 Å². The molecule has 0 radical (unpaired) electrons. The number of anilines is 1. The van der Waals surface area contributed by atoms with E-state index < -0.39 is 0 Å². The quantitative estimate of drug-likeness (QED) is 0.626. The highest BCUT2D eigenvalue weighted by Gasteiger charge is 2.07. The predicted octanol–water partition coefficient (Wildman–Crippen LogP) is 3.89. The number of amides is 1. The topological polar surface area (TPSA) is 73.3 Å². The average molecular weight is 381 g/mol. The highest BCUT2D eigenvalue weighted by atomic mass is 32.2. The molecular weight excluding hydrogens is 362 g/mol. The number of rotatable bonds is 7. The van der Waals surface area contributed by atoms with Crippen LogP contribution in [-0.4, -0.2) is 36.1 Å². The zero-order chi connectivity index (χ0) is 19.1. The largest absolute Gasteiger partial charge is 0.497 e. The van der Waals surface area contributed by atoms with Crippen molar-refractivity contribution in [3.8, 4) is 22.8 Å². The minimum atomic E-state index is -0.108. The number of methoxy groups -OCH3 is 2. The van der Waals surface area contributed by atoms with Crippen LogP contribution in [0.2, 0.25) is 0 Å². The Morgan fingerprint density at radius 1 is 0.963 bits per heavy atom. The van der Waals surface area contributed by atoms with Gasteiger partial charge in [-0.05, 0) is 48.5 Å². The van der Waals surface area contributed by atoms with Crippen molar-refractivity contribution in [2.45, 2.75) is 5.03 Å². The Bertz CT molecular complexity index is 899. The van der Waals surface area contributed by atoms with Gasteiger partial charge in [0.25, 0.3) is 0 Å². The van der Waals surface area contributed by atoms with Crippen LogP contribution in [0.15, 0.2) is 65.7 Å². The Morgan fingerprint density at radius 2 is 1.74 bits per heavy atom. The molecule has 0 atom stereocenters. The molecule has 3 aromatic rings. The molecule has 0 bridgehead atoms. The van der Waals surface area contributed by atoms with Gasteiger partial charge in [0, 0.05) is 11.3 Å². The number of carbonyl (C=O) groups is 1. The molecule has 0 aliphatic carbocycles. The van der Waals surface area contributed by atoms with Gasteiger partial charge in [0.15, 0.2) is 0 Å². The van der Waals surface area contributed by atoms with Crippen molar-refractivity contribution in [3.63, 3.8) is 0 Å². The molecule has 0 spiro atoms. The van der Waals surface area contributed by atoms with Crippen molar-refractivity contribution in [3.05, 3.63) is 60.7 Å². The van der Waals surface area contributed by atoms with Gasteiger partial charge < -0.3 is 14.8 Å². The van der Waals surface area contributed by atoms with Crippen LogP contribution >= 0.6 is 11.8 Å². The number of nitrogens with one attached hydrogen (secondary N) is 1. The number of benzene rings is 2. The van der Waals surface area contributed by atoms with Crippen LogP contribution in [0.1, 0.15) is 0 Å². The molecule has 0 aliphatic heterocycles. The predicted molar refractivity (Wildman–Crippen MR) is 106 cm³/mol. The van der Waals surface area contributed by atoms with E-state index in [1.54, 1.807) is 38.5 Å². The summed E-state index contributed by atoms with van der Waals surface area (Å²) in [5.74, 6) is 1.65. The fourth-order valence-corrected chi connectivity index (χ4v) is 2.96. The zero-order valence-corrected chi connectivity index (χ0v) is 15.8. The molecule has 6 nitrogen and oxygen atoms in total. The molecule has 1 amide bonds. The number of carbonyl (C=O) groups excluding carboxylic acids is 1. The van der Waals surface area contributed by atoms with Crippen LogP contribution in [0.5, 0.6) is 11.5 Å². The summed E-state index contributed by atoms with van der Waals surface area (Å²) >= 11 is 1.33. The molecule has 0 saturated carbocycles. The summed E-state index contributed by atoms with van der Waals surface area (Å²) < 4.78 is 10.3. The maximum Gasteiger partial charge on any atom is 0.234 e. The number of hydrogen-bond donors (Lipinski definition) is 1. The zero-order valence-electron chi connectivity index (χ0n) is 15.0. The van der Waals surface area contributed by atoms with Gasteiger partial charge >= 0.3 is 0 Å². The van der Waals surface area contributed by atoms with Crippen molar-refractivity contribution in [1.29, 1.82) is 0 Å². The normalized spacial score (nSPS) is 10.3. The molecule has 0 aliphatic rings. The lowest BCUT2D eigenvalue weighted by atomic mass is 10.1. The minimum absolute atomic E-state index is 0.108. The molecule has 7 heteroatoms. The second kappa shape index (κ2) is 9.05. The molecule has 0 unspecified atom stereocenters. The third-order valence-corrected chi connectivity index (χ3v) is 4.65. The lowest BCUT2D eigenvalue weighted by molar-refractivity contribution is -0.113. The Kier molecular flexibility index (Phi) is 6.27. The Labute approximate surface area is 161 Å². The Morgan fingerprint density at radius 3 is 2.41 bits per heavy atom. The number of thioether (sulfide) groups is 1. The molecule has 1 heterocycles. The average Bonchev–Trinajstić information content (AvgIpc) is 2.73. The van der Waals surface area contributed by atoms with Gasteiger partial charge in [-0.15, -0.1) is 10.2 Å². The van der Waals surface area contributed by atoms with Crippen molar-refractivity contribution >= 4 is 23.4 Å². The third-order valence-electron chi connectivity index (χ3n) is 3.73. The van der Waals surface area contributed by atoms with E-state index in [-0.39, 0.29) is 11.7 Å². The first-order valence-corrected chi connectivity index (χ1v) is 9.21. The summed E-state index contributed by atoms with van der Waals surface area (Å²) in [5, 5.41) is 11.9. The van der Waals surface area contributed by atoms with Crippen LogP contribution in [0, 0.1) is 0 Å². The third kappa shape index (κ3) is 5.21. The molecule has 1 aromatic heterocycles. The van der Waals surface area contributed by atoms with Crippen molar-refractivity contribution < 1.29 is 14.3 Å². The van der Waals surface area contributed by atoms with Crippen LogP contribution < -0.4 is 14.8 Å². The highest BCUT2D eigenvalue weighted by Crippen LogP contribution is 2.23. The summed E-state index contributed by atoms with van der Waals surface area (Å²) in [4.78, 5) is 12.1. The van der Waals surface area contributed by atoms with E-state index in [0.717, 1.165) is 28.4 Å². The van der Waals surface area contributed by atoms with E-state index in [2.05, 4.69) is 15.5 Å². The van der Waals surface area contributed by atoms with Gasteiger partial charge in [-0.25, -0.2) is 0 Å². The first kappa shape index (κ1) is 18.7. The fraction of sp³-hybridized carbons (Fsp3) is 0.150. The van der Waals surface area contributed by atoms with Crippen LogP contribution in [0.3, 0.4) is 0 Å². The molecule has 0 saturated heterocycles. The summed E-state index contributed by atoms with van der Waals surface area (Å²) in [5.41, 5.74) is 2.40. The SMILES string of the molecule is COc1ccc(NC(=O)CSc2ccc(-c3cccc(OC)c3)nn2)cc1. The second-order valence-corrected chi connectivity index (χ2v) is 6.55. The summed E-state index contributed by atoms with van der Waals surface area (Å²) in [6.45, 7) is 0. The van der Waals surface area contributed by atoms with E-state index in [0.29, 0.717) is 5.03 Å². The highest BCUT2D eigenvalue weighted by molar-refractivity contribution is 7.99. The van der Waals surface area contributed by atoms with E-state index in [9.17, 15) is 4.79 Å². The van der Waals surface area contributed by atoms with Crippen molar-refractivity contribution in [2.24, 2.45) is 0 Å². The number of aromatic nitrogens is 2. The number of ether oxygens (including phenoxy) is 2. The molecule has 27 heavy (non-hydrogen) atoms. The maximum atomic E-state index is 12.1. The molecule has 1 N–H and O–H groups in total. The summed E-state index contributed by atoms with van der Waals surface area (Å²) in [6, 6.07) is 18.6. The molecule has 138 valence electrons. The first-order chi connectivity index (χ1) is 13.2. The minimum Gasteiger partial charge on any atom is -0.497 e. The van der Waals surface area contributed by atoms with Crippen molar-refractivity contribution in [2.75, 3.05) is 25.3 Å². The maximum absolute atomic E-state index is 12.1. The second-order valence-electron chi connectivity index (χ2n) is 5.55. The fourth-order valence-electron chi connectivity index (χ4n) is 2.34. The summed E-state index contributed by atoms with van der Waals surface area (Å²) in [6.07, 6.45) is 0. The van der Waals surface area contributed by atoms with Gasteiger partial charge in [0.1, 0.15) is 16.5 Å². The molecule has 0 fully saturated rings. The Balaban J connectivity index is 1.55. The lowest BCUT2D eigenvalue weighted by Crippen LogP contribution is -2.14. The van der Waals surface area contributed by atoms with Gasteiger partial charge in [-0.2, -0.15) is 0 Å². The van der Waals surface area contributed by atoms with Gasteiger partial charge in [0.2, 0.25) is 5.91 Å². The smallest absolute Gasteiger partial charge is 0.234 e. The van der Waals surface area contributed by atoms with E-state index >= 15 is 0 Å². The van der Waals surface area contributed by atoms with E-state index in [1.807, 2.05) is 36.4 Å². The molecule has 2 aromatic carbocycles.